The molecule has 0 saturated heterocycles. The first-order valence-electron chi connectivity index (χ1n) is 6.92. The van der Waals surface area contributed by atoms with Crippen LogP contribution in [0.25, 0.3) is 0 Å². The lowest BCUT2D eigenvalue weighted by Crippen LogP contribution is -2.48. The molecule has 0 radical (unpaired) electrons. The van der Waals surface area contributed by atoms with Gasteiger partial charge in [0.15, 0.2) is 0 Å². The highest BCUT2D eigenvalue weighted by Crippen LogP contribution is 2.27. The van der Waals surface area contributed by atoms with Crippen LogP contribution < -0.4 is 5.48 Å². The van der Waals surface area contributed by atoms with Crippen LogP contribution in [0.4, 0.5) is 0 Å². The number of nitrogens with one attached hydrogen (secondary N) is 1. The number of fused-ring (bicyclic) bond motifs is 1. The summed E-state index contributed by atoms with van der Waals surface area (Å²) in [4.78, 5) is 42.7. The standard InChI is InChI=1S/C15H17BrN2O4/c1-8(2)7-22-17-13(19)9(3)18-14(20)11-5-4-10(16)6-12(11)15(18)21/h4-6,8-9H,7H2,1-3H3,(H,17,19). The Labute approximate surface area is 136 Å². The third kappa shape index (κ3) is 3.20. The number of hydrogen-bond donors (Lipinski definition) is 1. The Hall–Kier alpha value is -1.73. The van der Waals surface area contributed by atoms with E-state index in [1.54, 1.807) is 18.2 Å². The first-order valence-corrected chi connectivity index (χ1v) is 7.71. The quantitative estimate of drug-likeness (QED) is 0.638. The number of hydroxylamine groups is 1. The molecular formula is C15H17BrN2O4. The fourth-order valence-corrected chi connectivity index (χ4v) is 2.43. The van der Waals surface area contributed by atoms with Crippen LogP contribution in [-0.2, 0) is 9.63 Å². The van der Waals surface area contributed by atoms with Crippen LogP contribution in [0.5, 0.6) is 0 Å². The fraction of sp³-hybridized carbons (Fsp3) is 0.400. The van der Waals surface area contributed by atoms with Gasteiger partial charge in [-0.15, -0.1) is 0 Å². The fourth-order valence-electron chi connectivity index (χ4n) is 2.07. The summed E-state index contributed by atoms with van der Waals surface area (Å²) >= 11 is 3.26. The summed E-state index contributed by atoms with van der Waals surface area (Å²) in [6, 6.07) is 3.89. The lowest BCUT2D eigenvalue weighted by Gasteiger charge is -2.21. The van der Waals surface area contributed by atoms with Gasteiger partial charge < -0.3 is 0 Å². The number of rotatable bonds is 5. The number of hydrogen-bond acceptors (Lipinski definition) is 4. The van der Waals surface area contributed by atoms with Crippen LogP contribution in [-0.4, -0.2) is 35.3 Å². The molecule has 0 saturated carbocycles. The number of imide groups is 1. The van der Waals surface area contributed by atoms with Gasteiger partial charge in [-0.25, -0.2) is 5.48 Å². The second-order valence-corrected chi connectivity index (χ2v) is 6.43. The zero-order valence-corrected chi connectivity index (χ0v) is 14.1. The van der Waals surface area contributed by atoms with Crippen LogP contribution >= 0.6 is 15.9 Å². The van der Waals surface area contributed by atoms with Crippen LogP contribution in [0.1, 0.15) is 41.5 Å². The molecule has 118 valence electrons. The molecule has 0 aromatic heterocycles. The highest BCUT2D eigenvalue weighted by Gasteiger charge is 2.41. The SMILES string of the molecule is CC(C)CONC(=O)C(C)N1C(=O)c2ccc(Br)cc2C1=O. The van der Waals surface area contributed by atoms with Crippen LogP contribution in [0.2, 0.25) is 0 Å². The third-order valence-corrected chi connectivity index (χ3v) is 3.73. The summed E-state index contributed by atoms with van der Waals surface area (Å²) in [7, 11) is 0. The minimum Gasteiger partial charge on any atom is -0.273 e. The lowest BCUT2D eigenvalue weighted by atomic mass is 10.1. The van der Waals surface area contributed by atoms with Gasteiger partial charge in [-0.2, -0.15) is 0 Å². The van der Waals surface area contributed by atoms with Crippen LogP contribution in [0.15, 0.2) is 22.7 Å². The molecule has 0 fully saturated rings. The largest absolute Gasteiger partial charge is 0.273 e. The van der Waals surface area contributed by atoms with Crippen molar-refractivity contribution in [2.45, 2.75) is 26.8 Å². The average Bonchev–Trinajstić information content (AvgIpc) is 2.69. The molecule has 1 aromatic rings. The zero-order chi connectivity index (χ0) is 16.4. The first-order chi connectivity index (χ1) is 10.3. The molecule has 6 nitrogen and oxygen atoms in total. The van der Waals surface area contributed by atoms with Crippen molar-refractivity contribution in [2.24, 2.45) is 5.92 Å². The number of halogens is 1. The first kappa shape index (κ1) is 16.6. The van der Waals surface area contributed by atoms with Gasteiger partial charge in [0.25, 0.3) is 17.7 Å². The Balaban J connectivity index is 2.11. The van der Waals surface area contributed by atoms with Crippen molar-refractivity contribution >= 4 is 33.7 Å². The van der Waals surface area contributed by atoms with Crippen molar-refractivity contribution in [3.05, 3.63) is 33.8 Å². The molecule has 1 N–H and O–H groups in total. The van der Waals surface area contributed by atoms with E-state index in [4.69, 9.17) is 4.84 Å². The van der Waals surface area contributed by atoms with Gasteiger partial charge in [0.2, 0.25) is 0 Å². The summed E-state index contributed by atoms with van der Waals surface area (Å²) in [6.45, 7) is 5.73. The third-order valence-electron chi connectivity index (χ3n) is 3.24. The monoisotopic (exact) mass is 368 g/mol. The van der Waals surface area contributed by atoms with Gasteiger partial charge in [-0.3, -0.25) is 24.1 Å². The van der Waals surface area contributed by atoms with Gasteiger partial charge in [0, 0.05) is 4.47 Å². The van der Waals surface area contributed by atoms with E-state index in [0.717, 1.165) is 4.90 Å². The highest BCUT2D eigenvalue weighted by molar-refractivity contribution is 9.10. The van der Waals surface area contributed by atoms with Crippen molar-refractivity contribution in [2.75, 3.05) is 6.61 Å². The molecule has 0 aliphatic carbocycles. The van der Waals surface area contributed by atoms with Gasteiger partial charge in [-0.1, -0.05) is 29.8 Å². The molecule has 1 aromatic carbocycles. The predicted octanol–water partition coefficient (Wildman–Crippen LogP) is 2.14. The van der Waals surface area contributed by atoms with E-state index < -0.39 is 23.8 Å². The highest BCUT2D eigenvalue weighted by atomic mass is 79.9. The second kappa shape index (κ2) is 6.58. The number of nitrogens with zero attached hydrogens (tertiary/aromatic N) is 1. The zero-order valence-electron chi connectivity index (χ0n) is 12.6. The van der Waals surface area contributed by atoms with E-state index in [9.17, 15) is 14.4 Å². The average molecular weight is 369 g/mol. The molecule has 0 spiro atoms. The Morgan fingerprint density at radius 2 is 1.86 bits per heavy atom. The van der Waals surface area contributed by atoms with Gasteiger partial charge >= 0.3 is 0 Å². The Morgan fingerprint density at radius 1 is 1.23 bits per heavy atom. The summed E-state index contributed by atoms with van der Waals surface area (Å²) in [6.07, 6.45) is 0. The van der Waals surface area contributed by atoms with E-state index in [0.29, 0.717) is 22.2 Å². The molecule has 1 unspecified atom stereocenters. The number of carbonyl (C=O) groups excluding carboxylic acids is 3. The Bertz CT molecular complexity index is 630. The summed E-state index contributed by atoms with van der Waals surface area (Å²) < 4.78 is 0.701. The maximum atomic E-state index is 12.4. The molecule has 7 heteroatoms. The molecule has 2 rings (SSSR count). The summed E-state index contributed by atoms with van der Waals surface area (Å²) in [5, 5.41) is 0. The van der Waals surface area contributed by atoms with Crippen LogP contribution in [0, 0.1) is 5.92 Å². The molecule has 1 atom stereocenters. The Kier molecular flexibility index (Phi) is 4.97. The van der Waals surface area contributed by atoms with E-state index in [-0.39, 0.29) is 5.92 Å². The molecular weight excluding hydrogens is 352 g/mol. The minimum absolute atomic E-state index is 0.257. The molecule has 1 aliphatic rings. The topological polar surface area (TPSA) is 75.7 Å². The summed E-state index contributed by atoms with van der Waals surface area (Å²) in [5.41, 5.74) is 2.87. The van der Waals surface area contributed by atoms with Gasteiger partial charge in [-0.05, 0) is 31.0 Å². The molecule has 1 heterocycles. The number of amides is 3. The van der Waals surface area contributed by atoms with Crippen molar-refractivity contribution in [1.29, 1.82) is 0 Å². The van der Waals surface area contributed by atoms with E-state index in [1.165, 1.54) is 6.92 Å². The van der Waals surface area contributed by atoms with Crippen LogP contribution in [0.3, 0.4) is 0 Å². The summed E-state index contributed by atoms with van der Waals surface area (Å²) in [5.74, 6) is -1.23. The van der Waals surface area contributed by atoms with Crippen molar-refractivity contribution in [3.63, 3.8) is 0 Å². The van der Waals surface area contributed by atoms with Crippen molar-refractivity contribution in [3.8, 4) is 0 Å². The van der Waals surface area contributed by atoms with E-state index >= 15 is 0 Å². The van der Waals surface area contributed by atoms with Gasteiger partial charge in [0.1, 0.15) is 6.04 Å². The van der Waals surface area contributed by atoms with Gasteiger partial charge in [0.05, 0.1) is 17.7 Å². The number of carbonyl (C=O) groups is 3. The van der Waals surface area contributed by atoms with Crippen molar-refractivity contribution < 1.29 is 19.2 Å². The molecule has 0 bridgehead atoms. The molecule has 1 aliphatic heterocycles. The predicted molar refractivity (Wildman–Crippen MR) is 83.0 cm³/mol. The molecule has 22 heavy (non-hydrogen) atoms. The normalized spacial score (nSPS) is 15.2. The van der Waals surface area contributed by atoms with E-state index in [1.807, 2.05) is 13.8 Å². The minimum atomic E-state index is -0.946. The maximum absolute atomic E-state index is 12.4. The maximum Gasteiger partial charge on any atom is 0.266 e. The van der Waals surface area contributed by atoms with E-state index in [2.05, 4.69) is 21.4 Å². The Morgan fingerprint density at radius 3 is 2.50 bits per heavy atom. The lowest BCUT2D eigenvalue weighted by molar-refractivity contribution is -0.138. The number of benzene rings is 1. The second-order valence-electron chi connectivity index (χ2n) is 5.52. The molecule has 3 amide bonds. The smallest absolute Gasteiger partial charge is 0.266 e. The van der Waals surface area contributed by atoms with Crippen molar-refractivity contribution in [1.82, 2.24) is 10.4 Å².